The summed E-state index contributed by atoms with van der Waals surface area (Å²) >= 11 is 0. The Morgan fingerprint density at radius 1 is 0.0948 bits per heavy atom. The van der Waals surface area contributed by atoms with Gasteiger partial charge in [-0.25, -0.2) is 0 Å². The van der Waals surface area contributed by atoms with Crippen LogP contribution in [-0.4, -0.2) is 160 Å². The standard InChI is InChI=1S/C30H64N.C26H56N.C18H40N.C17H38N.C15H34N.5ClH/c1-5-7-9-11-13-15-17-19-21-23-25-27-29-31(3,4)30-28-26-24-22-20-18-16-14-12-10-8-6-2;1-5-7-9-11-13-15-17-19-21-23-25-27(3,4)26-24-22-20-18-16-14-12-10-8-6-2;1-5-6-7-8-9-10-11-12-13-14-15-16-17-18-19(2,3)4;1-5-6-7-8-9-10-11-12-13-14-15-16-17-18(2,3)4;1-5-6-7-8-9-10-11-12-13-14-15-16(2,3)4;;;;;/h5-30H2,1-4H3;5-26H2,1-4H3;5-18H2,1-4H3;5-17H2,1-4H3;5-15H2,1-4H3;5*1H/q5*+1;;;;;/p-5. The van der Waals surface area contributed by atoms with Crippen LogP contribution in [0.2, 0.25) is 0 Å². The van der Waals surface area contributed by atoms with Gasteiger partial charge < -0.3 is 84.5 Å². The zero-order chi connectivity index (χ0) is 83.3. The quantitative estimate of drug-likeness (QED) is 0.0421. The molecular formula is C106H232Cl5N5. The second kappa shape index (κ2) is 112. The molecule has 0 aromatic heterocycles. The van der Waals surface area contributed by atoms with Gasteiger partial charge >= 0.3 is 0 Å². The van der Waals surface area contributed by atoms with Crippen molar-refractivity contribution in [1.82, 2.24) is 0 Å². The summed E-state index contributed by atoms with van der Waals surface area (Å²) in [5, 5.41) is 0. The molecule has 0 rings (SSSR count). The Morgan fingerprint density at radius 3 is 0.241 bits per heavy atom. The minimum absolute atomic E-state index is 0. The van der Waals surface area contributed by atoms with Gasteiger partial charge in [0.2, 0.25) is 0 Å². The van der Waals surface area contributed by atoms with Gasteiger partial charge in [-0.15, -0.1) is 0 Å². The van der Waals surface area contributed by atoms with Crippen LogP contribution in [0.15, 0.2) is 0 Å². The van der Waals surface area contributed by atoms with Crippen molar-refractivity contribution in [2.24, 2.45) is 0 Å². The summed E-state index contributed by atoms with van der Waals surface area (Å²) in [6, 6.07) is 0. The largest absolute Gasteiger partial charge is 1.00 e. The third kappa shape index (κ3) is 147. The molecule has 5 nitrogen and oxygen atoms in total. The van der Waals surface area contributed by atoms with E-state index in [0.717, 1.165) is 13.4 Å². The maximum absolute atomic E-state index is 2.46. The Balaban J connectivity index is -0.000000153. The Hall–Kier alpha value is 1.25. The predicted molar refractivity (Wildman–Crippen MR) is 517 cm³/mol. The van der Waals surface area contributed by atoms with E-state index in [-0.39, 0.29) is 62.0 Å². The van der Waals surface area contributed by atoms with E-state index < -0.39 is 0 Å². The number of unbranched alkanes of at least 4 members (excludes halogenated alkanes) is 72. The molecule has 0 bridgehead atoms. The number of hydrogen-bond donors (Lipinski definition) is 0. The Labute approximate surface area is 772 Å². The zero-order valence-corrected chi connectivity index (χ0v) is 88.7. The van der Waals surface area contributed by atoms with Crippen LogP contribution in [-0.2, 0) is 0 Å². The molecule has 0 aliphatic heterocycles. The van der Waals surface area contributed by atoms with Crippen molar-refractivity contribution in [3.05, 3.63) is 0 Å². The second-order valence-electron chi connectivity index (χ2n) is 41.3. The fourth-order valence-electron chi connectivity index (χ4n) is 16.1. The molecule has 0 fully saturated rings. The summed E-state index contributed by atoms with van der Waals surface area (Å²) in [6.07, 6.45) is 115. The zero-order valence-electron chi connectivity index (χ0n) is 84.9. The van der Waals surface area contributed by atoms with E-state index in [1.54, 1.807) is 0 Å². The average Bonchev–Trinajstić information content (AvgIpc) is 0.948. The summed E-state index contributed by atoms with van der Waals surface area (Å²) < 4.78 is 5.86. The van der Waals surface area contributed by atoms with E-state index in [1.165, 1.54) is 562 Å². The van der Waals surface area contributed by atoms with Crippen molar-refractivity contribution in [1.29, 1.82) is 0 Å². The lowest BCUT2D eigenvalue weighted by Gasteiger charge is -2.30. The van der Waals surface area contributed by atoms with Crippen LogP contribution in [0.4, 0.5) is 0 Å². The van der Waals surface area contributed by atoms with Crippen molar-refractivity contribution < 1.29 is 84.5 Å². The predicted octanol–water partition coefficient (Wildman–Crippen LogP) is 20.2. The second-order valence-corrected chi connectivity index (χ2v) is 41.3. The van der Waals surface area contributed by atoms with E-state index in [4.69, 9.17) is 0 Å². The van der Waals surface area contributed by atoms with Crippen LogP contribution in [0.3, 0.4) is 0 Å². The summed E-state index contributed by atoms with van der Waals surface area (Å²) in [5.74, 6) is 0. The number of hydrogen-bond acceptors (Lipinski definition) is 0. The van der Waals surface area contributed by atoms with E-state index in [1.807, 2.05) is 0 Å². The molecule has 116 heavy (non-hydrogen) atoms. The first-order valence-corrected chi connectivity index (χ1v) is 52.5. The fraction of sp³-hybridized carbons (Fsp3) is 1.00. The third-order valence-corrected chi connectivity index (χ3v) is 24.3. The van der Waals surface area contributed by atoms with Crippen LogP contribution in [0, 0.1) is 0 Å². The number of nitrogens with zero attached hydrogens (tertiary/aromatic N) is 5. The lowest BCUT2D eigenvalue weighted by Crippen LogP contribution is -3.00. The van der Waals surface area contributed by atoms with Crippen LogP contribution >= 0.6 is 0 Å². The number of rotatable bonds is 86. The molecule has 716 valence electrons. The molecular weight excluding hydrogens is 1520 g/mol. The van der Waals surface area contributed by atoms with Gasteiger partial charge in [-0.1, -0.05) is 466 Å². The van der Waals surface area contributed by atoms with Crippen molar-refractivity contribution in [3.63, 3.8) is 0 Å². The highest BCUT2D eigenvalue weighted by Gasteiger charge is 2.16. The van der Waals surface area contributed by atoms with E-state index >= 15 is 0 Å². The van der Waals surface area contributed by atoms with E-state index in [9.17, 15) is 0 Å². The van der Waals surface area contributed by atoms with E-state index in [0.29, 0.717) is 0 Å². The van der Waals surface area contributed by atoms with Crippen molar-refractivity contribution in [3.8, 4) is 0 Å². The maximum atomic E-state index is 2.46. The van der Waals surface area contributed by atoms with Crippen molar-refractivity contribution in [2.45, 2.75) is 556 Å². The summed E-state index contributed by atoms with van der Waals surface area (Å²) in [5.41, 5.74) is 0. The number of halogens is 5. The molecule has 0 amide bonds. The minimum Gasteiger partial charge on any atom is -1.00 e. The van der Waals surface area contributed by atoms with Crippen LogP contribution < -0.4 is 62.0 Å². The molecule has 0 spiro atoms. The SMILES string of the molecule is CCCCCCCCCCCCCCC[N+](C)(C)C.CCCCCCCCCCCCCC[N+](C)(C)C.CCCCCCCCCCCCCC[N+](C)(C)CCCCCCCCCCCCCC.CCCCCCCCCCCC[N+](C)(C)C.CCCCCCCCCCCC[N+](C)(C)CCCCCCCCCCCC.[Cl-].[Cl-].[Cl-].[Cl-].[Cl-]. The molecule has 10 heteroatoms. The minimum atomic E-state index is 0. The van der Waals surface area contributed by atoms with Gasteiger partial charge in [-0.3, -0.25) is 0 Å². The van der Waals surface area contributed by atoms with Gasteiger partial charge in [0.1, 0.15) is 0 Å². The summed E-state index contributed by atoms with van der Waals surface area (Å²) in [7, 11) is 30.4. The van der Waals surface area contributed by atoms with Crippen molar-refractivity contribution in [2.75, 3.05) is 137 Å². The molecule has 0 aromatic rings. The monoisotopic (exact) mass is 1750 g/mol. The van der Waals surface area contributed by atoms with Crippen LogP contribution in [0.1, 0.15) is 556 Å². The molecule has 0 saturated carbocycles. The Morgan fingerprint density at radius 2 is 0.164 bits per heavy atom. The molecule has 0 aromatic carbocycles. The van der Waals surface area contributed by atoms with E-state index in [2.05, 4.69) is 140 Å². The molecule has 0 radical (unpaired) electrons. The highest BCUT2D eigenvalue weighted by molar-refractivity contribution is 4.57. The molecule has 0 aliphatic rings. The number of quaternary nitrogens is 5. The molecule has 0 heterocycles. The highest BCUT2D eigenvalue weighted by Crippen LogP contribution is 2.21. The Bertz CT molecular complexity index is 1560. The molecule has 0 atom stereocenters. The average molecular weight is 1750 g/mol. The first kappa shape index (κ1) is 138. The highest BCUT2D eigenvalue weighted by atomic mass is 35.5. The fourth-order valence-corrected chi connectivity index (χ4v) is 16.1. The molecule has 0 aliphatic carbocycles. The lowest BCUT2D eigenvalue weighted by atomic mass is 10.0. The molecule has 0 unspecified atom stereocenters. The van der Waals surface area contributed by atoms with Gasteiger partial charge in [0, 0.05) is 0 Å². The van der Waals surface area contributed by atoms with Gasteiger partial charge in [-0.05, 0) is 89.9 Å². The maximum Gasteiger partial charge on any atom is 0.0782 e. The topological polar surface area (TPSA) is 0 Å². The van der Waals surface area contributed by atoms with Crippen LogP contribution in [0.25, 0.3) is 0 Å². The van der Waals surface area contributed by atoms with Crippen LogP contribution in [0.5, 0.6) is 0 Å². The normalized spacial score (nSPS) is 11.5. The summed E-state index contributed by atoms with van der Waals surface area (Å²) in [6.45, 7) is 25.6. The van der Waals surface area contributed by atoms with Gasteiger partial charge in [-0.2, -0.15) is 0 Å². The third-order valence-electron chi connectivity index (χ3n) is 24.3. The first-order valence-electron chi connectivity index (χ1n) is 52.5. The first-order chi connectivity index (χ1) is 53.4. The van der Waals surface area contributed by atoms with Gasteiger partial charge in [0.05, 0.1) is 137 Å². The van der Waals surface area contributed by atoms with Gasteiger partial charge in [0.25, 0.3) is 0 Å². The Kier molecular flexibility index (Phi) is 133. The molecule has 0 saturated heterocycles. The lowest BCUT2D eigenvalue weighted by molar-refractivity contribution is -0.890. The summed E-state index contributed by atoms with van der Waals surface area (Å²) in [4.78, 5) is 0. The van der Waals surface area contributed by atoms with Crippen molar-refractivity contribution >= 4 is 0 Å². The molecule has 0 N–H and O–H groups in total. The smallest absolute Gasteiger partial charge is 0.0782 e. The van der Waals surface area contributed by atoms with Gasteiger partial charge in [0.15, 0.2) is 0 Å².